The zero-order valence-electron chi connectivity index (χ0n) is 13.4. The number of carbonyl (C=O) groups is 1. The minimum Gasteiger partial charge on any atom is -0.431 e. The van der Waals surface area contributed by atoms with E-state index in [-0.39, 0.29) is 17.7 Å². The molecule has 0 fully saturated rings. The summed E-state index contributed by atoms with van der Waals surface area (Å²) in [5, 5.41) is 1.07. The number of hydrogen-bond acceptors (Lipinski definition) is 4. The highest BCUT2D eigenvalue weighted by molar-refractivity contribution is 7.99. The maximum absolute atomic E-state index is 12.4. The zero-order valence-corrected chi connectivity index (χ0v) is 15.0. The van der Waals surface area contributed by atoms with Crippen LogP contribution in [-0.4, -0.2) is 28.6 Å². The fourth-order valence-corrected chi connectivity index (χ4v) is 3.26. The Kier molecular flexibility index (Phi) is 5.11. The lowest BCUT2D eigenvalue weighted by Gasteiger charge is -2.25. The van der Waals surface area contributed by atoms with Gasteiger partial charge in [0.25, 0.3) is 5.22 Å². The second-order valence-electron chi connectivity index (χ2n) is 5.47. The summed E-state index contributed by atoms with van der Waals surface area (Å²) in [7, 11) is 1.81. The van der Waals surface area contributed by atoms with E-state index in [1.54, 1.807) is 23.1 Å². The van der Waals surface area contributed by atoms with Gasteiger partial charge in [0.05, 0.1) is 11.8 Å². The number of carbonyl (C=O) groups excluding carboxylic acids is 1. The van der Waals surface area contributed by atoms with E-state index in [4.69, 9.17) is 16.0 Å². The second kappa shape index (κ2) is 7.28. The average molecular weight is 361 g/mol. The topological polar surface area (TPSA) is 46.3 Å². The van der Waals surface area contributed by atoms with Crippen molar-refractivity contribution in [1.29, 1.82) is 0 Å². The molecular formula is C18H17ClN2O2S. The smallest absolute Gasteiger partial charge is 0.257 e. The molecule has 0 unspecified atom stereocenters. The molecule has 0 aliphatic carbocycles. The molecule has 1 aromatic heterocycles. The number of amides is 1. The van der Waals surface area contributed by atoms with Crippen molar-refractivity contribution in [3.63, 3.8) is 0 Å². The first-order valence-electron chi connectivity index (χ1n) is 7.54. The first-order chi connectivity index (χ1) is 11.5. The number of halogens is 1. The summed E-state index contributed by atoms with van der Waals surface area (Å²) in [6.07, 6.45) is 0. The molecular weight excluding hydrogens is 344 g/mol. The van der Waals surface area contributed by atoms with E-state index in [0.717, 1.165) is 11.1 Å². The van der Waals surface area contributed by atoms with Crippen LogP contribution < -0.4 is 0 Å². The van der Waals surface area contributed by atoms with Crippen LogP contribution >= 0.6 is 23.4 Å². The molecule has 0 spiro atoms. The van der Waals surface area contributed by atoms with Gasteiger partial charge in [-0.2, -0.15) is 0 Å². The summed E-state index contributed by atoms with van der Waals surface area (Å²) in [6, 6.07) is 15.3. The van der Waals surface area contributed by atoms with E-state index >= 15 is 0 Å². The number of oxazole rings is 1. The Balaban J connectivity index is 1.63. The first kappa shape index (κ1) is 16.9. The molecule has 3 rings (SSSR count). The van der Waals surface area contributed by atoms with Crippen molar-refractivity contribution in [2.45, 2.75) is 18.2 Å². The molecule has 1 amide bonds. The normalized spacial score (nSPS) is 12.3. The van der Waals surface area contributed by atoms with Gasteiger partial charge in [-0.25, -0.2) is 4.98 Å². The monoisotopic (exact) mass is 360 g/mol. The number of aromatic nitrogens is 1. The quantitative estimate of drug-likeness (QED) is 0.613. The van der Waals surface area contributed by atoms with E-state index < -0.39 is 0 Å². The molecule has 1 heterocycles. The largest absolute Gasteiger partial charge is 0.431 e. The Morgan fingerprint density at radius 2 is 2.04 bits per heavy atom. The highest BCUT2D eigenvalue weighted by Crippen LogP contribution is 2.26. The third-order valence-corrected chi connectivity index (χ3v) is 4.95. The molecule has 0 radical (unpaired) electrons. The van der Waals surface area contributed by atoms with Gasteiger partial charge in [0.1, 0.15) is 5.52 Å². The molecule has 0 aliphatic heterocycles. The lowest BCUT2D eigenvalue weighted by atomic mass is 10.1. The Morgan fingerprint density at radius 1 is 1.29 bits per heavy atom. The number of nitrogens with zero attached hydrogens (tertiary/aromatic N) is 2. The number of benzene rings is 2. The van der Waals surface area contributed by atoms with Gasteiger partial charge in [0, 0.05) is 18.1 Å². The van der Waals surface area contributed by atoms with Crippen LogP contribution in [0.4, 0.5) is 0 Å². The maximum Gasteiger partial charge on any atom is 0.257 e. The fourth-order valence-electron chi connectivity index (χ4n) is 2.34. The van der Waals surface area contributed by atoms with Crippen molar-refractivity contribution in [3.05, 3.63) is 59.1 Å². The summed E-state index contributed by atoms with van der Waals surface area (Å²) in [6.45, 7) is 2.01. The van der Waals surface area contributed by atoms with Crippen molar-refractivity contribution >= 4 is 40.4 Å². The van der Waals surface area contributed by atoms with Crippen molar-refractivity contribution < 1.29 is 9.21 Å². The Bertz CT molecular complexity index is 851. The van der Waals surface area contributed by atoms with E-state index in [0.29, 0.717) is 15.8 Å². The van der Waals surface area contributed by atoms with Crippen LogP contribution in [-0.2, 0) is 4.79 Å². The van der Waals surface area contributed by atoms with Crippen molar-refractivity contribution in [2.75, 3.05) is 12.8 Å². The van der Waals surface area contributed by atoms with Crippen LogP contribution in [0.3, 0.4) is 0 Å². The van der Waals surface area contributed by atoms with E-state index in [9.17, 15) is 4.79 Å². The van der Waals surface area contributed by atoms with Crippen LogP contribution in [0.25, 0.3) is 11.1 Å². The molecule has 124 valence electrons. The van der Waals surface area contributed by atoms with Crippen LogP contribution in [0.5, 0.6) is 0 Å². The van der Waals surface area contributed by atoms with Gasteiger partial charge in [-0.15, -0.1) is 0 Å². The van der Waals surface area contributed by atoms with E-state index in [1.807, 2.05) is 44.3 Å². The van der Waals surface area contributed by atoms with Crippen molar-refractivity contribution in [3.8, 4) is 0 Å². The first-order valence-corrected chi connectivity index (χ1v) is 8.90. The highest BCUT2D eigenvalue weighted by atomic mass is 35.5. The minimum atomic E-state index is 0.0155. The van der Waals surface area contributed by atoms with E-state index in [2.05, 4.69) is 4.98 Å². The maximum atomic E-state index is 12.4. The van der Waals surface area contributed by atoms with Gasteiger partial charge in [-0.05, 0) is 24.6 Å². The highest BCUT2D eigenvalue weighted by Gasteiger charge is 2.18. The van der Waals surface area contributed by atoms with Crippen LogP contribution in [0, 0.1) is 0 Å². The molecule has 24 heavy (non-hydrogen) atoms. The third kappa shape index (κ3) is 3.74. The lowest BCUT2D eigenvalue weighted by molar-refractivity contribution is -0.128. The molecule has 3 aromatic rings. The van der Waals surface area contributed by atoms with Gasteiger partial charge >= 0.3 is 0 Å². The number of thioether (sulfide) groups is 1. The van der Waals surface area contributed by atoms with Crippen LogP contribution in [0.15, 0.2) is 58.2 Å². The molecule has 0 N–H and O–H groups in total. The van der Waals surface area contributed by atoms with Gasteiger partial charge < -0.3 is 9.32 Å². The molecule has 0 aliphatic rings. The van der Waals surface area contributed by atoms with Crippen LogP contribution in [0.1, 0.15) is 18.5 Å². The van der Waals surface area contributed by atoms with Gasteiger partial charge in [-0.1, -0.05) is 53.7 Å². The van der Waals surface area contributed by atoms with Gasteiger partial charge in [0.15, 0.2) is 5.58 Å². The SMILES string of the molecule is C[C@@H](c1ccccc1)N(C)C(=O)CSc1nc2ccc(Cl)cc2o1. The summed E-state index contributed by atoms with van der Waals surface area (Å²) < 4.78 is 5.62. The third-order valence-electron chi connectivity index (χ3n) is 3.91. The Labute approximate surface area is 149 Å². The molecule has 2 aromatic carbocycles. The lowest BCUT2D eigenvalue weighted by Crippen LogP contribution is -2.31. The summed E-state index contributed by atoms with van der Waals surface area (Å²) in [5.41, 5.74) is 2.47. The van der Waals surface area contributed by atoms with Crippen molar-refractivity contribution in [2.24, 2.45) is 0 Å². The number of rotatable bonds is 5. The van der Waals surface area contributed by atoms with Crippen molar-refractivity contribution in [1.82, 2.24) is 9.88 Å². The molecule has 6 heteroatoms. The zero-order chi connectivity index (χ0) is 17.1. The predicted octanol–water partition coefficient (Wildman–Crippen LogP) is 4.79. The molecule has 1 atom stereocenters. The Morgan fingerprint density at radius 3 is 2.79 bits per heavy atom. The fraction of sp³-hybridized carbons (Fsp3) is 0.222. The second-order valence-corrected chi connectivity index (χ2v) is 6.83. The predicted molar refractivity (Wildman–Crippen MR) is 97.4 cm³/mol. The standard InChI is InChI=1S/C18H17ClN2O2S/c1-12(13-6-4-3-5-7-13)21(2)17(22)11-24-18-20-15-9-8-14(19)10-16(15)23-18/h3-10,12H,11H2,1-2H3/t12-/m0/s1. The average Bonchev–Trinajstić information content (AvgIpc) is 3.01. The minimum absolute atomic E-state index is 0.0155. The summed E-state index contributed by atoms with van der Waals surface area (Å²) in [4.78, 5) is 18.5. The van der Waals surface area contributed by atoms with Gasteiger partial charge in [-0.3, -0.25) is 4.79 Å². The number of hydrogen-bond donors (Lipinski definition) is 0. The van der Waals surface area contributed by atoms with Crippen LogP contribution in [0.2, 0.25) is 5.02 Å². The van der Waals surface area contributed by atoms with E-state index in [1.165, 1.54) is 11.8 Å². The summed E-state index contributed by atoms with van der Waals surface area (Å²) >= 11 is 7.22. The van der Waals surface area contributed by atoms with Gasteiger partial charge in [0.2, 0.25) is 5.91 Å². The molecule has 0 bridgehead atoms. The molecule has 0 saturated carbocycles. The Hall–Kier alpha value is -1.98. The molecule has 4 nitrogen and oxygen atoms in total. The number of fused-ring (bicyclic) bond motifs is 1. The molecule has 0 saturated heterocycles. The summed E-state index contributed by atoms with van der Waals surface area (Å²) in [5.74, 6) is 0.297.